The molecule has 9 heteroatoms. The largest absolute Gasteiger partial charge is 0.330 e. The second-order valence-corrected chi connectivity index (χ2v) is 5.97. The molecular weight excluding hydrogens is 289 g/mol. The lowest BCUT2D eigenvalue weighted by atomic mass is 10.2. The first kappa shape index (κ1) is 16.5. The van der Waals surface area contributed by atoms with Crippen LogP contribution in [0.2, 0.25) is 0 Å². The number of benzene rings is 1. The van der Waals surface area contributed by atoms with Gasteiger partial charge >= 0.3 is 0 Å². The molecule has 1 aromatic rings. The number of nitrogens with one attached hydrogen (secondary N) is 1. The normalized spacial score (nSPS) is 11.6. The van der Waals surface area contributed by atoms with E-state index in [0.717, 1.165) is 12.1 Å². The second-order valence-electron chi connectivity index (χ2n) is 4.20. The van der Waals surface area contributed by atoms with Crippen LogP contribution in [0.4, 0.5) is 10.1 Å². The van der Waals surface area contributed by atoms with Crippen molar-refractivity contribution >= 4 is 15.7 Å². The van der Waals surface area contributed by atoms with Crippen molar-refractivity contribution in [1.29, 1.82) is 0 Å². The van der Waals surface area contributed by atoms with Crippen molar-refractivity contribution in [2.75, 3.05) is 13.1 Å². The molecule has 0 fully saturated rings. The molecule has 0 saturated heterocycles. The van der Waals surface area contributed by atoms with Gasteiger partial charge in [-0.1, -0.05) is 0 Å². The maximum absolute atomic E-state index is 13.6. The van der Waals surface area contributed by atoms with Gasteiger partial charge in [0, 0.05) is 12.6 Å². The number of sulfonamides is 1. The van der Waals surface area contributed by atoms with Crippen LogP contribution in [-0.2, 0) is 10.0 Å². The molecule has 0 aliphatic heterocycles. The number of nitro groups is 1. The summed E-state index contributed by atoms with van der Waals surface area (Å²) >= 11 is 0. The molecule has 20 heavy (non-hydrogen) atoms. The van der Waals surface area contributed by atoms with E-state index in [1.54, 1.807) is 0 Å². The Kier molecular flexibility index (Phi) is 5.54. The first-order valence-electron chi connectivity index (χ1n) is 5.94. The molecule has 3 N–H and O–H groups in total. The van der Waals surface area contributed by atoms with Crippen molar-refractivity contribution in [3.63, 3.8) is 0 Å². The molecule has 0 unspecified atom stereocenters. The summed E-state index contributed by atoms with van der Waals surface area (Å²) in [4.78, 5) is 9.49. The Morgan fingerprint density at radius 1 is 1.40 bits per heavy atom. The summed E-state index contributed by atoms with van der Waals surface area (Å²) < 4.78 is 39.6. The fraction of sp³-hybridized carbons (Fsp3) is 0.455. The number of halogens is 1. The second kappa shape index (κ2) is 6.73. The van der Waals surface area contributed by atoms with Gasteiger partial charge in [-0.25, -0.2) is 17.5 Å². The van der Waals surface area contributed by atoms with Crippen LogP contribution >= 0.6 is 0 Å². The zero-order chi connectivity index (χ0) is 15.3. The van der Waals surface area contributed by atoms with Crippen LogP contribution < -0.4 is 10.5 Å². The number of nitrogens with zero attached hydrogens (tertiary/aromatic N) is 1. The van der Waals surface area contributed by atoms with E-state index >= 15 is 0 Å². The predicted octanol–water partition coefficient (Wildman–Crippen LogP) is 1.06. The van der Waals surface area contributed by atoms with Crippen molar-refractivity contribution in [3.05, 3.63) is 33.6 Å². The van der Waals surface area contributed by atoms with Gasteiger partial charge in [0.25, 0.3) is 5.69 Å². The highest BCUT2D eigenvalue weighted by Gasteiger charge is 2.22. The molecule has 0 aliphatic carbocycles. The summed E-state index contributed by atoms with van der Waals surface area (Å²) in [6.07, 6.45) is 1.18. The summed E-state index contributed by atoms with van der Waals surface area (Å²) in [6.45, 7) is 1.80. The third kappa shape index (κ3) is 3.95. The number of nitrogens with two attached hydrogens (primary N) is 1. The van der Waals surface area contributed by atoms with E-state index in [-0.39, 0.29) is 12.1 Å². The number of rotatable bonds is 7. The minimum absolute atomic E-state index is 0.142. The number of hydrogen-bond acceptors (Lipinski definition) is 5. The molecule has 7 nitrogen and oxygen atoms in total. The molecule has 0 aromatic heterocycles. The van der Waals surface area contributed by atoms with Gasteiger partial charge < -0.3 is 5.73 Å². The van der Waals surface area contributed by atoms with Crippen molar-refractivity contribution in [2.24, 2.45) is 5.73 Å². The van der Waals surface area contributed by atoms with Gasteiger partial charge in [-0.05, 0) is 32.4 Å². The monoisotopic (exact) mass is 305 g/mol. The Balaban J connectivity index is 3.04. The third-order valence-electron chi connectivity index (χ3n) is 2.72. The Labute approximate surface area is 116 Å². The number of nitro benzene ring substituents is 1. The lowest BCUT2D eigenvalue weighted by molar-refractivity contribution is -0.385. The molecule has 0 saturated carbocycles. The Hall–Kier alpha value is -1.58. The van der Waals surface area contributed by atoms with Gasteiger partial charge in [0.05, 0.1) is 15.4 Å². The average Bonchev–Trinajstić information content (AvgIpc) is 2.37. The van der Waals surface area contributed by atoms with E-state index in [1.807, 2.05) is 0 Å². The smallest absolute Gasteiger partial charge is 0.276 e. The first-order chi connectivity index (χ1) is 9.29. The molecular formula is C11H16FN3O4S. The molecule has 0 aliphatic rings. The fourth-order valence-electron chi connectivity index (χ4n) is 1.54. The van der Waals surface area contributed by atoms with Crippen LogP contribution in [0.15, 0.2) is 17.0 Å². The van der Waals surface area contributed by atoms with Gasteiger partial charge in [0.1, 0.15) is 5.82 Å². The van der Waals surface area contributed by atoms with Gasteiger partial charge in [-0.2, -0.15) is 0 Å². The lowest BCUT2D eigenvalue weighted by Gasteiger charge is -2.08. The van der Waals surface area contributed by atoms with Crippen LogP contribution in [0.5, 0.6) is 0 Å². The molecule has 0 spiro atoms. The summed E-state index contributed by atoms with van der Waals surface area (Å²) in [5, 5.41) is 10.8. The predicted molar refractivity (Wildman–Crippen MR) is 71.3 cm³/mol. The maximum Gasteiger partial charge on any atom is 0.276 e. The van der Waals surface area contributed by atoms with Crippen molar-refractivity contribution < 1.29 is 17.7 Å². The maximum atomic E-state index is 13.6. The van der Waals surface area contributed by atoms with Crippen LogP contribution in [0.3, 0.4) is 0 Å². The van der Waals surface area contributed by atoms with Crippen molar-refractivity contribution in [3.8, 4) is 0 Å². The number of unbranched alkanes of at least 4 members (excludes halogenated alkanes) is 1. The molecule has 0 heterocycles. The highest BCUT2D eigenvalue weighted by atomic mass is 32.2. The summed E-state index contributed by atoms with van der Waals surface area (Å²) in [5.74, 6) is -0.929. The molecule has 1 rings (SSSR count). The van der Waals surface area contributed by atoms with Gasteiger partial charge in [0.15, 0.2) is 0 Å². The highest BCUT2D eigenvalue weighted by molar-refractivity contribution is 7.89. The van der Waals surface area contributed by atoms with Gasteiger partial charge in [0.2, 0.25) is 10.0 Å². The molecule has 0 bridgehead atoms. The lowest BCUT2D eigenvalue weighted by Crippen LogP contribution is -2.25. The molecule has 1 aromatic carbocycles. The number of hydrogen-bond donors (Lipinski definition) is 2. The van der Waals surface area contributed by atoms with Crippen LogP contribution in [-0.4, -0.2) is 26.4 Å². The Bertz CT molecular complexity index is 604. The van der Waals surface area contributed by atoms with E-state index in [0.29, 0.717) is 19.4 Å². The van der Waals surface area contributed by atoms with Crippen molar-refractivity contribution in [2.45, 2.75) is 24.7 Å². The third-order valence-corrected chi connectivity index (χ3v) is 4.16. The standard InChI is InChI=1S/C11H16FN3O4S/c1-8-10(12)6-9(7-11(8)15(16)17)20(18,19)14-5-3-2-4-13/h6-7,14H,2-5,13H2,1H3. The summed E-state index contributed by atoms with van der Waals surface area (Å²) in [5.41, 5.74) is 4.52. The Morgan fingerprint density at radius 2 is 2.05 bits per heavy atom. The van der Waals surface area contributed by atoms with E-state index in [1.165, 1.54) is 6.92 Å². The quantitative estimate of drug-likeness (QED) is 0.444. The van der Waals surface area contributed by atoms with E-state index in [4.69, 9.17) is 5.73 Å². The van der Waals surface area contributed by atoms with E-state index in [9.17, 15) is 22.9 Å². The van der Waals surface area contributed by atoms with E-state index < -0.39 is 31.3 Å². The summed E-state index contributed by atoms with van der Waals surface area (Å²) in [7, 11) is -3.97. The zero-order valence-electron chi connectivity index (χ0n) is 10.9. The fourth-order valence-corrected chi connectivity index (χ4v) is 2.65. The highest BCUT2D eigenvalue weighted by Crippen LogP contribution is 2.25. The summed E-state index contributed by atoms with van der Waals surface area (Å²) in [6, 6.07) is 1.62. The van der Waals surface area contributed by atoms with Crippen LogP contribution in [0, 0.1) is 22.9 Å². The molecule has 0 amide bonds. The van der Waals surface area contributed by atoms with Gasteiger partial charge in [-0.3, -0.25) is 10.1 Å². The van der Waals surface area contributed by atoms with Crippen molar-refractivity contribution in [1.82, 2.24) is 4.72 Å². The molecule has 0 radical (unpaired) electrons. The van der Waals surface area contributed by atoms with Crippen LogP contribution in [0.25, 0.3) is 0 Å². The minimum Gasteiger partial charge on any atom is -0.330 e. The molecule has 112 valence electrons. The topological polar surface area (TPSA) is 115 Å². The average molecular weight is 305 g/mol. The zero-order valence-corrected chi connectivity index (χ0v) is 11.7. The first-order valence-corrected chi connectivity index (χ1v) is 7.42. The van der Waals surface area contributed by atoms with Gasteiger partial charge in [-0.15, -0.1) is 0 Å². The Morgan fingerprint density at radius 3 is 2.60 bits per heavy atom. The SMILES string of the molecule is Cc1c(F)cc(S(=O)(=O)NCCCCN)cc1[N+](=O)[O-]. The van der Waals surface area contributed by atoms with E-state index in [2.05, 4.69) is 4.72 Å². The van der Waals surface area contributed by atoms with Crippen LogP contribution in [0.1, 0.15) is 18.4 Å². The minimum atomic E-state index is -3.97. The molecule has 0 atom stereocenters.